The highest BCUT2D eigenvalue weighted by Crippen LogP contribution is 2.48. The molecule has 1 N–H and O–H groups in total. The molecule has 2 bridgehead atoms. The zero-order chi connectivity index (χ0) is 13.4. The molecule has 4 unspecified atom stereocenters. The van der Waals surface area contributed by atoms with Crippen molar-refractivity contribution < 1.29 is 4.79 Å². The molecule has 3 heteroatoms. The first kappa shape index (κ1) is 13.2. The zero-order valence-electron chi connectivity index (χ0n) is 11.2. The number of nitrogens with one attached hydrogen (secondary N) is 1. The van der Waals surface area contributed by atoms with Crippen LogP contribution >= 0.6 is 15.9 Å². The molecule has 1 aromatic rings. The average molecular weight is 322 g/mol. The van der Waals surface area contributed by atoms with Crippen LogP contribution in [0.5, 0.6) is 0 Å². The van der Waals surface area contributed by atoms with Gasteiger partial charge in [-0.3, -0.25) is 4.79 Å². The molecule has 102 valence electrons. The van der Waals surface area contributed by atoms with Crippen molar-refractivity contribution in [1.82, 2.24) is 0 Å². The molecule has 2 fully saturated rings. The summed E-state index contributed by atoms with van der Waals surface area (Å²) in [4.78, 5) is 12.7. The third-order valence-electron chi connectivity index (χ3n) is 4.72. The number of halogens is 1. The molecule has 1 amide bonds. The lowest BCUT2D eigenvalue weighted by molar-refractivity contribution is -0.121. The molecule has 2 aliphatic carbocycles. The van der Waals surface area contributed by atoms with Gasteiger partial charge in [-0.2, -0.15) is 0 Å². The summed E-state index contributed by atoms with van der Waals surface area (Å²) in [5.74, 6) is 1.93. The predicted octanol–water partition coefficient (Wildman–Crippen LogP) is 4.52. The van der Waals surface area contributed by atoms with Crippen molar-refractivity contribution in [1.29, 1.82) is 0 Å². The molecule has 0 spiro atoms. The Hall–Kier alpha value is -0.830. The van der Waals surface area contributed by atoms with Gasteiger partial charge in [0.15, 0.2) is 0 Å². The Morgan fingerprint density at radius 2 is 2.11 bits per heavy atom. The molecule has 2 aliphatic rings. The lowest BCUT2D eigenvalue weighted by Crippen LogP contribution is -2.27. The number of alkyl halides is 1. The fourth-order valence-electron chi connectivity index (χ4n) is 3.75. The minimum Gasteiger partial charge on any atom is -0.326 e. The number of hydrogen-bond donors (Lipinski definition) is 1. The molecule has 0 aromatic heterocycles. The van der Waals surface area contributed by atoms with Gasteiger partial charge in [-0.15, -0.1) is 0 Å². The van der Waals surface area contributed by atoms with Gasteiger partial charge >= 0.3 is 0 Å². The summed E-state index contributed by atoms with van der Waals surface area (Å²) >= 11 is 3.59. The van der Waals surface area contributed by atoms with E-state index in [0.29, 0.717) is 5.92 Å². The molecule has 4 atom stereocenters. The summed E-state index contributed by atoms with van der Waals surface area (Å²) in [5, 5.41) is 3.15. The molecule has 0 radical (unpaired) electrons. The van der Waals surface area contributed by atoms with Gasteiger partial charge < -0.3 is 5.32 Å². The van der Waals surface area contributed by atoms with Crippen LogP contribution in [-0.4, -0.2) is 5.91 Å². The Balaban J connectivity index is 1.73. The molecule has 0 saturated heterocycles. The van der Waals surface area contributed by atoms with Gasteiger partial charge in [0, 0.05) is 16.4 Å². The van der Waals surface area contributed by atoms with Crippen molar-refractivity contribution in [2.75, 3.05) is 5.32 Å². The number of para-hydroxylation sites is 1. The van der Waals surface area contributed by atoms with Crippen LogP contribution in [0.15, 0.2) is 24.3 Å². The van der Waals surface area contributed by atoms with E-state index in [0.717, 1.165) is 23.6 Å². The van der Waals surface area contributed by atoms with Gasteiger partial charge in [0.05, 0.1) is 0 Å². The van der Waals surface area contributed by atoms with Crippen LogP contribution in [0, 0.1) is 17.8 Å². The van der Waals surface area contributed by atoms with Gasteiger partial charge in [-0.05, 0) is 49.7 Å². The Kier molecular flexibility index (Phi) is 3.66. The maximum Gasteiger partial charge on any atom is 0.227 e. The quantitative estimate of drug-likeness (QED) is 0.815. The number of anilines is 1. The molecule has 1 aromatic carbocycles. The maximum atomic E-state index is 12.5. The number of carbonyl (C=O) groups is 1. The number of hydrogen-bond acceptors (Lipinski definition) is 1. The van der Waals surface area contributed by atoms with E-state index in [1.54, 1.807) is 0 Å². The van der Waals surface area contributed by atoms with Crippen molar-refractivity contribution >= 4 is 27.5 Å². The van der Waals surface area contributed by atoms with E-state index in [9.17, 15) is 4.79 Å². The Bertz CT molecular complexity index is 485. The summed E-state index contributed by atoms with van der Waals surface area (Å²) in [6, 6.07) is 8.06. The van der Waals surface area contributed by atoms with E-state index in [2.05, 4.69) is 34.2 Å². The largest absolute Gasteiger partial charge is 0.326 e. The lowest BCUT2D eigenvalue weighted by Gasteiger charge is -2.22. The summed E-state index contributed by atoms with van der Waals surface area (Å²) < 4.78 is 0. The van der Waals surface area contributed by atoms with Crippen LogP contribution in [0.4, 0.5) is 5.69 Å². The highest BCUT2D eigenvalue weighted by Gasteiger charge is 2.43. The lowest BCUT2D eigenvalue weighted by atomic mass is 9.88. The third-order valence-corrected chi connectivity index (χ3v) is 5.22. The summed E-state index contributed by atoms with van der Waals surface area (Å²) in [6.45, 7) is 2.09. The van der Waals surface area contributed by atoms with Crippen LogP contribution < -0.4 is 5.32 Å². The van der Waals surface area contributed by atoms with Crippen molar-refractivity contribution in [2.24, 2.45) is 17.8 Å². The normalized spacial score (nSPS) is 30.3. The number of rotatable bonds is 3. The molecule has 2 nitrogen and oxygen atoms in total. The highest BCUT2D eigenvalue weighted by atomic mass is 79.9. The average Bonchev–Trinajstić information content (AvgIpc) is 3.01. The summed E-state index contributed by atoms with van der Waals surface area (Å²) in [7, 11) is 0. The van der Waals surface area contributed by atoms with E-state index in [4.69, 9.17) is 0 Å². The second kappa shape index (κ2) is 5.28. The Labute approximate surface area is 123 Å². The van der Waals surface area contributed by atoms with Gasteiger partial charge in [0.1, 0.15) is 0 Å². The SMILES string of the molecule is CC(Br)c1ccccc1NC(=O)C1CC2CCC1C2. The molecule has 2 saturated carbocycles. The monoisotopic (exact) mass is 321 g/mol. The number of carbonyl (C=O) groups excluding carboxylic acids is 1. The van der Waals surface area contributed by atoms with Crippen molar-refractivity contribution in [3.8, 4) is 0 Å². The minimum absolute atomic E-state index is 0.229. The van der Waals surface area contributed by atoms with E-state index in [-0.39, 0.29) is 16.7 Å². The second-order valence-electron chi connectivity index (χ2n) is 5.97. The van der Waals surface area contributed by atoms with Crippen LogP contribution in [0.2, 0.25) is 0 Å². The highest BCUT2D eigenvalue weighted by molar-refractivity contribution is 9.09. The Morgan fingerprint density at radius 3 is 2.74 bits per heavy atom. The van der Waals surface area contributed by atoms with E-state index in [1.165, 1.54) is 19.3 Å². The number of amides is 1. The molecule has 19 heavy (non-hydrogen) atoms. The summed E-state index contributed by atoms with van der Waals surface area (Å²) in [5.41, 5.74) is 2.11. The molecule has 0 aliphatic heterocycles. The molecular weight excluding hydrogens is 302 g/mol. The van der Waals surface area contributed by atoms with Crippen LogP contribution in [0.25, 0.3) is 0 Å². The maximum absolute atomic E-state index is 12.5. The van der Waals surface area contributed by atoms with Crippen LogP contribution in [-0.2, 0) is 4.79 Å². The van der Waals surface area contributed by atoms with Gasteiger partial charge in [-0.25, -0.2) is 0 Å². The predicted molar refractivity (Wildman–Crippen MR) is 81.4 cm³/mol. The number of benzene rings is 1. The minimum atomic E-state index is 0.229. The van der Waals surface area contributed by atoms with E-state index < -0.39 is 0 Å². The zero-order valence-corrected chi connectivity index (χ0v) is 12.8. The second-order valence-corrected chi connectivity index (χ2v) is 7.35. The van der Waals surface area contributed by atoms with Crippen molar-refractivity contribution in [2.45, 2.75) is 37.4 Å². The standard InChI is InChI=1S/C16H20BrNO/c1-10(17)13-4-2-3-5-15(13)18-16(19)14-9-11-6-7-12(14)8-11/h2-5,10-12,14H,6-9H2,1H3,(H,18,19). The summed E-state index contributed by atoms with van der Waals surface area (Å²) in [6.07, 6.45) is 4.96. The molecule has 3 rings (SSSR count). The van der Waals surface area contributed by atoms with Crippen molar-refractivity contribution in [3.63, 3.8) is 0 Å². The van der Waals surface area contributed by atoms with Gasteiger partial charge in [-0.1, -0.05) is 40.5 Å². The van der Waals surface area contributed by atoms with E-state index >= 15 is 0 Å². The fraction of sp³-hybridized carbons (Fsp3) is 0.562. The van der Waals surface area contributed by atoms with Gasteiger partial charge in [0.2, 0.25) is 5.91 Å². The van der Waals surface area contributed by atoms with Crippen LogP contribution in [0.1, 0.15) is 43.0 Å². The van der Waals surface area contributed by atoms with Crippen LogP contribution in [0.3, 0.4) is 0 Å². The Morgan fingerprint density at radius 1 is 1.32 bits per heavy atom. The van der Waals surface area contributed by atoms with E-state index in [1.807, 2.05) is 18.2 Å². The van der Waals surface area contributed by atoms with Gasteiger partial charge in [0.25, 0.3) is 0 Å². The topological polar surface area (TPSA) is 29.1 Å². The molecule has 0 heterocycles. The first-order chi connectivity index (χ1) is 9.15. The molecular formula is C16H20BrNO. The van der Waals surface area contributed by atoms with Crippen molar-refractivity contribution in [3.05, 3.63) is 29.8 Å². The smallest absolute Gasteiger partial charge is 0.227 e. The third kappa shape index (κ3) is 2.58. The first-order valence-corrected chi connectivity index (χ1v) is 8.10. The number of fused-ring (bicyclic) bond motifs is 2. The first-order valence-electron chi connectivity index (χ1n) is 7.19. The fourth-order valence-corrected chi connectivity index (χ4v) is 4.15.